The van der Waals surface area contributed by atoms with Crippen LogP contribution in [0.15, 0.2) is 30.3 Å². The fourth-order valence-electron chi connectivity index (χ4n) is 3.25. The first-order valence-electron chi connectivity index (χ1n) is 8.95. The number of benzene rings is 2. The van der Waals surface area contributed by atoms with Crippen LogP contribution in [-0.2, 0) is 4.79 Å². The Hall–Kier alpha value is -1.61. The quantitative estimate of drug-likeness (QED) is 0.240. The van der Waals surface area contributed by atoms with Gasteiger partial charge in [0.15, 0.2) is 5.78 Å². The number of carbonyl (C=O) groups is 2. The SMILES string of the molecule is O=C(CCC(F)(F)F)c1cc(NC(=O)C2C(c3ccc(F)c(Cl)c3)C2(Cl)Cl)cc(F)c1Cl. The first kappa shape index (κ1) is 25.0. The number of amides is 1. The highest BCUT2D eigenvalue weighted by Crippen LogP contribution is 2.65. The molecule has 172 valence electrons. The third-order valence-corrected chi connectivity index (χ3v) is 6.48. The largest absolute Gasteiger partial charge is 0.389 e. The van der Waals surface area contributed by atoms with Gasteiger partial charge in [-0.15, -0.1) is 23.2 Å². The topological polar surface area (TPSA) is 46.2 Å². The van der Waals surface area contributed by atoms with Crippen LogP contribution in [0, 0.1) is 17.6 Å². The highest BCUT2D eigenvalue weighted by Gasteiger charge is 2.67. The summed E-state index contributed by atoms with van der Waals surface area (Å²) in [5.74, 6) is -5.37. The number of rotatable bonds is 6. The van der Waals surface area contributed by atoms with E-state index in [4.69, 9.17) is 46.4 Å². The molecule has 3 rings (SSSR count). The van der Waals surface area contributed by atoms with Crippen LogP contribution in [0.5, 0.6) is 0 Å². The monoisotopic (exact) mass is 533 g/mol. The van der Waals surface area contributed by atoms with E-state index in [1.54, 1.807) is 0 Å². The minimum absolute atomic E-state index is 0.195. The number of alkyl halides is 5. The molecule has 0 heterocycles. The lowest BCUT2D eigenvalue weighted by Gasteiger charge is -2.11. The molecule has 1 aliphatic carbocycles. The fraction of sp³-hybridized carbons (Fsp3) is 0.300. The van der Waals surface area contributed by atoms with E-state index in [1.807, 2.05) is 0 Å². The van der Waals surface area contributed by atoms with Crippen molar-refractivity contribution in [2.24, 2.45) is 5.92 Å². The second-order valence-corrected chi connectivity index (χ2v) is 9.38. The summed E-state index contributed by atoms with van der Waals surface area (Å²) in [5.41, 5.74) is -0.335. The molecule has 0 saturated heterocycles. The number of nitrogens with one attached hydrogen (secondary N) is 1. The van der Waals surface area contributed by atoms with Gasteiger partial charge in [-0.25, -0.2) is 8.78 Å². The average Bonchev–Trinajstić information content (AvgIpc) is 3.26. The van der Waals surface area contributed by atoms with E-state index >= 15 is 0 Å². The lowest BCUT2D eigenvalue weighted by atomic mass is 10.0. The molecule has 1 N–H and O–H groups in total. The van der Waals surface area contributed by atoms with Crippen LogP contribution < -0.4 is 5.32 Å². The van der Waals surface area contributed by atoms with E-state index in [9.17, 15) is 31.5 Å². The van der Waals surface area contributed by atoms with Gasteiger partial charge in [0.2, 0.25) is 5.91 Å². The summed E-state index contributed by atoms with van der Waals surface area (Å²) in [6, 6.07) is 5.49. The number of carbonyl (C=O) groups excluding carboxylic acids is 2. The van der Waals surface area contributed by atoms with Gasteiger partial charge in [0.25, 0.3) is 0 Å². The Balaban J connectivity index is 1.79. The van der Waals surface area contributed by atoms with Crippen LogP contribution in [-0.4, -0.2) is 22.2 Å². The average molecular weight is 535 g/mol. The summed E-state index contributed by atoms with van der Waals surface area (Å²) in [5, 5.41) is 1.48. The van der Waals surface area contributed by atoms with Gasteiger partial charge < -0.3 is 5.32 Å². The molecule has 1 saturated carbocycles. The van der Waals surface area contributed by atoms with Gasteiger partial charge in [0.1, 0.15) is 16.0 Å². The summed E-state index contributed by atoms with van der Waals surface area (Å²) in [6.07, 6.45) is -6.94. The molecule has 2 atom stereocenters. The van der Waals surface area contributed by atoms with E-state index in [1.165, 1.54) is 12.1 Å². The Morgan fingerprint density at radius 2 is 1.69 bits per heavy atom. The predicted octanol–water partition coefficient (Wildman–Crippen LogP) is 7.32. The maximum Gasteiger partial charge on any atom is 0.389 e. The number of Topliss-reactive ketones (excluding diaryl/α,β-unsaturated/α-hetero) is 1. The van der Waals surface area contributed by atoms with Gasteiger partial charge >= 0.3 is 6.18 Å². The molecule has 0 aliphatic heterocycles. The lowest BCUT2D eigenvalue weighted by Crippen LogP contribution is -2.18. The smallest absolute Gasteiger partial charge is 0.326 e. The molecule has 1 amide bonds. The second kappa shape index (κ2) is 8.97. The highest BCUT2D eigenvalue weighted by atomic mass is 35.5. The predicted molar refractivity (Wildman–Crippen MR) is 112 cm³/mol. The molecule has 3 nitrogen and oxygen atoms in total. The minimum Gasteiger partial charge on any atom is -0.326 e. The zero-order valence-corrected chi connectivity index (χ0v) is 18.7. The molecule has 1 fully saturated rings. The van der Waals surface area contributed by atoms with Crippen LogP contribution in [0.25, 0.3) is 0 Å². The highest BCUT2D eigenvalue weighted by molar-refractivity contribution is 6.53. The molecule has 1 aliphatic rings. The van der Waals surface area contributed by atoms with Gasteiger partial charge in [-0.2, -0.15) is 13.2 Å². The number of hydrogen-bond donors (Lipinski definition) is 1. The van der Waals surface area contributed by atoms with E-state index in [2.05, 4.69) is 5.32 Å². The standard InChI is InChI=1S/C20H12Cl4F5NO2/c21-11-5-8(1-2-12(11)25)15-16(20(15,23)24)18(32)30-9-6-10(17(22)13(26)7-9)14(31)3-4-19(27,28)29/h1-2,5-7,15-16H,3-4H2,(H,30,32). The molecule has 2 unspecified atom stereocenters. The molecule has 0 aromatic heterocycles. The van der Waals surface area contributed by atoms with Crippen LogP contribution in [0.3, 0.4) is 0 Å². The number of ketones is 1. The van der Waals surface area contributed by atoms with Crippen LogP contribution in [0.1, 0.15) is 34.7 Å². The van der Waals surface area contributed by atoms with Gasteiger partial charge in [0, 0.05) is 23.6 Å². The summed E-state index contributed by atoms with van der Waals surface area (Å²) in [7, 11) is 0. The number of hydrogen-bond acceptors (Lipinski definition) is 2. The Kier molecular flexibility index (Phi) is 7.01. The molecule has 12 heteroatoms. The molecule has 2 aromatic rings. The minimum atomic E-state index is -4.58. The van der Waals surface area contributed by atoms with Crippen molar-refractivity contribution in [3.63, 3.8) is 0 Å². The van der Waals surface area contributed by atoms with Crippen molar-refractivity contribution in [1.82, 2.24) is 0 Å². The molecule has 0 bridgehead atoms. The van der Waals surface area contributed by atoms with Crippen molar-refractivity contribution in [2.75, 3.05) is 5.32 Å². The van der Waals surface area contributed by atoms with E-state index < -0.39 is 69.1 Å². The Bertz CT molecular complexity index is 1090. The van der Waals surface area contributed by atoms with Crippen molar-refractivity contribution in [2.45, 2.75) is 29.3 Å². The van der Waals surface area contributed by atoms with Crippen molar-refractivity contribution < 1.29 is 31.5 Å². The third kappa shape index (κ3) is 5.30. The lowest BCUT2D eigenvalue weighted by molar-refractivity contribution is -0.133. The fourth-order valence-corrected chi connectivity index (χ4v) is 4.48. The second-order valence-electron chi connectivity index (χ2n) is 7.15. The molecule has 2 aromatic carbocycles. The molecule has 32 heavy (non-hydrogen) atoms. The van der Waals surface area contributed by atoms with Crippen molar-refractivity contribution >= 4 is 63.8 Å². The van der Waals surface area contributed by atoms with Gasteiger partial charge in [0.05, 0.1) is 22.4 Å². The third-order valence-electron chi connectivity index (χ3n) is 4.87. The Labute approximate surface area is 198 Å². The molecular weight excluding hydrogens is 523 g/mol. The first-order chi connectivity index (χ1) is 14.7. The normalized spacial score (nSPS) is 19.5. The van der Waals surface area contributed by atoms with Crippen molar-refractivity contribution in [3.05, 3.63) is 63.1 Å². The molecular formula is C20H12Cl4F5NO2. The maximum absolute atomic E-state index is 14.2. The summed E-state index contributed by atoms with van der Waals surface area (Å²) in [4.78, 5) is 24.8. The molecule has 0 spiro atoms. The molecule has 0 radical (unpaired) electrons. The maximum atomic E-state index is 14.2. The number of anilines is 1. The number of halogens is 9. The zero-order valence-electron chi connectivity index (χ0n) is 15.7. The van der Waals surface area contributed by atoms with Crippen LogP contribution in [0.2, 0.25) is 10.0 Å². The van der Waals surface area contributed by atoms with Gasteiger partial charge in [-0.3, -0.25) is 9.59 Å². The van der Waals surface area contributed by atoms with E-state index in [0.29, 0.717) is 5.56 Å². The van der Waals surface area contributed by atoms with Crippen LogP contribution in [0.4, 0.5) is 27.6 Å². The Morgan fingerprint density at radius 1 is 1.03 bits per heavy atom. The van der Waals surface area contributed by atoms with Gasteiger partial charge in [-0.05, 0) is 29.8 Å². The van der Waals surface area contributed by atoms with E-state index in [0.717, 1.165) is 18.2 Å². The zero-order chi connectivity index (χ0) is 24.0. The van der Waals surface area contributed by atoms with Crippen molar-refractivity contribution in [3.8, 4) is 0 Å². The first-order valence-corrected chi connectivity index (χ1v) is 10.5. The summed E-state index contributed by atoms with van der Waals surface area (Å²) >= 11 is 23.9. The van der Waals surface area contributed by atoms with Gasteiger partial charge in [-0.1, -0.05) is 29.3 Å². The van der Waals surface area contributed by atoms with E-state index in [-0.39, 0.29) is 10.7 Å². The van der Waals surface area contributed by atoms with Crippen LogP contribution >= 0.6 is 46.4 Å². The Morgan fingerprint density at radius 3 is 2.28 bits per heavy atom. The van der Waals surface area contributed by atoms with Crippen molar-refractivity contribution in [1.29, 1.82) is 0 Å². The summed E-state index contributed by atoms with van der Waals surface area (Å²) < 4.78 is 63.1. The summed E-state index contributed by atoms with van der Waals surface area (Å²) in [6.45, 7) is 0.